The number of fused-ring (bicyclic) bond motifs is 1. The zero-order chi connectivity index (χ0) is 19.6. The number of ether oxygens (including phenoxy) is 2. The molecule has 2 aromatic carbocycles. The number of anilines is 1. The van der Waals surface area contributed by atoms with Crippen LogP contribution in [-0.4, -0.2) is 25.1 Å². The molecular formula is C20H18FNO5. The maximum absolute atomic E-state index is 13.2. The third-order valence-electron chi connectivity index (χ3n) is 4.07. The van der Waals surface area contributed by atoms with Crippen LogP contribution in [0.3, 0.4) is 0 Å². The van der Waals surface area contributed by atoms with Crippen molar-refractivity contribution in [3.63, 3.8) is 0 Å². The molecule has 0 fully saturated rings. The highest BCUT2D eigenvalue weighted by atomic mass is 19.1. The quantitative estimate of drug-likeness (QED) is 0.684. The van der Waals surface area contributed by atoms with Crippen molar-refractivity contribution in [3.05, 3.63) is 59.6 Å². The Morgan fingerprint density at radius 2 is 1.96 bits per heavy atom. The molecular weight excluding hydrogens is 353 g/mol. The van der Waals surface area contributed by atoms with E-state index in [0.29, 0.717) is 16.9 Å². The highest BCUT2D eigenvalue weighted by Crippen LogP contribution is 2.29. The Hall–Kier alpha value is -3.35. The summed E-state index contributed by atoms with van der Waals surface area (Å²) >= 11 is 0. The first-order chi connectivity index (χ1) is 12.9. The van der Waals surface area contributed by atoms with Crippen LogP contribution in [-0.2, 0) is 9.53 Å². The second-order valence-corrected chi connectivity index (χ2v) is 5.97. The maximum atomic E-state index is 13.2. The molecule has 1 atom stereocenters. The monoisotopic (exact) mass is 371 g/mol. The normalized spacial score (nSPS) is 11.9. The van der Waals surface area contributed by atoms with Gasteiger partial charge in [-0.15, -0.1) is 0 Å². The van der Waals surface area contributed by atoms with Crippen LogP contribution in [0.2, 0.25) is 0 Å². The van der Waals surface area contributed by atoms with Gasteiger partial charge in [0.2, 0.25) is 5.76 Å². The second kappa shape index (κ2) is 7.49. The summed E-state index contributed by atoms with van der Waals surface area (Å²) in [5.74, 6) is -1.17. The van der Waals surface area contributed by atoms with Gasteiger partial charge in [0.1, 0.15) is 17.1 Å². The van der Waals surface area contributed by atoms with Crippen LogP contribution in [0.4, 0.5) is 10.1 Å². The van der Waals surface area contributed by atoms with Crippen molar-refractivity contribution in [2.75, 3.05) is 12.4 Å². The lowest BCUT2D eigenvalue weighted by molar-refractivity contribution is -0.123. The SMILES string of the molecule is COc1ccc2oc(C(=O)O[C@@H](C)C(=O)Nc3cccc(F)c3)c(C)c2c1. The van der Waals surface area contributed by atoms with Gasteiger partial charge in [0.25, 0.3) is 5.91 Å². The van der Waals surface area contributed by atoms with Crippen molar-refractivity contribution >= 4 is 28.5 Å². The Balaban J connectivity index is 1.73. The van der Waals surface area contributed by atoms with Gasteiger partial charge in [-0.25, -0.2) is 9.18 Å². The lowest BCUT2D eigenvalue weighted by Gasteiger charge is -2.13. The van der Waals surface area contributed by atoms with Gasteiger partial charge in [0.05, 0.1) is 7.11 Å². The summed E-state index contributed by atoms with van der Waals surface area (Å²) in [5.41, 5.74) is 1.37. The molecule has 140 valence electrons. The number of nitrogens with one attached hydrogen (secondary N) is 1. The number of carbonyl (C=O) groups is 2. The summed E-state index contributed by atoms with van der Waals surface area (Å²) in [6, 6.07) is 10.6. The Morgan fingerprint density at radius 1 is 1.19 bits per heavy atom. The number of esters is 1. The van der Waals surface area contributed by atoms with E-state index in [4.69, 9.17) is 13.9 Å². The molecule has 0 spiro atoms. The van der Waals surface area contributed by atoms with Gasteiger partial charge in [-0.3, -0.25) is 4.79 Å². The number of halogens is 1. The van der Waals surface area contributed by atoms with E-state index in [1.54, 1.807) is 32.2 Å². The van der Waals surface area contributed by atoms with Crippen molar-refractivity contribution in [1.29, 1.82) is 0 Å². The maximum Gasteiger partial charge on any atom is 0.375 e. The topological polar surface area (TPSA) is 77.8 Å². The predicted molar refractivity (Wildman–Crippen MR) is 97.4 cm³/mol. The number of furan rings is 1. The fourth-order valence-electron chi connectivity index (χ4n) is 2.60. The van der Waals surface area contributed by atoms with Crippen LogP contribution in [0, 0.1) is 12.7 Å². The van der Waals surface area contributed by atoms with E-state index in [1.165, 1.54) is 31.2 Å². The summed E-state index contributed by atoms with van der Waals surface area (Å²) in [5, 5.41) is 3.21. The summed E-state index contributed by atoms with van der Waals surface area (Å²) < 4.78 is 29.1. The third-order valence-corrected chi connectivity index (χ3v) is 4.07. The van der Waals surface area contributed by atoms with Crippen LogP contribution in [0.15, 0.2) is 46.9 Å². The predicted octanol–water partition coefficient (Wildman–Crippen LogP) is 4.07. The zero-order valence-corrected chi connectivity index (χ0v) is 15.0. The van der Waals surface area contributed by atoms with Crippen LogP contribution >= 0.6 is 0 Å². The van der Waals surface area contributed by atoms with E-state index in [2.05, 4.69) is 5.32 Å². The van der Waals surface area contributed by atoms with Crippen LogP contribution in [0.5, 0.6) is 5.75 Å². The molecule has 1 N–H and O–H groups in total. The Morgan fingerprint density at radius 3 is 2.67 bits per heavy atom. The van der Waals surface area contributed by atoms with Crippen molar-refractivity contribution in [2.24, 2.45) is 0 Å². The molecule has 0 radical (unpaired) electrons. The average Bonchev–Trinajstić information content (AvgIpc) is 2.98. The Labute approximate surface area is 154 Å². The molecule has 0 unspecified atom stereocenters. The number of carbonyl (C=O) groups excluding carboxylic acids is 2. The minimum atomic E-state index is -1.09. The number of hydrogen-bond donors (Lipinski definition) is 1. The molecule has 3 aromatic rings. The molecule has 1 heterocycles. The minimum Gasteiger partial charge on any atom is -0.497 e. The summed E-state index contributed by atoms with van der Waals surface area (Å²) in [6.07, 6.45) is -1.09. The second-order valence-electron chi connectivity index (χ2n) is 5.97. The molecule has 0 saturated heterocycles. The Bertz CT molecular complexity index is 1010. The summed E-state index contributed by atoms with van der Waals surface area (Å²) in [7, 11) is 1.55. The van der Waals surface area contributed by atoms with E-state index < -0.39 is 23.8 Å². The molecule has 1 aromatic heterocycles. The van der Waals surface area contributed by atoms with Gasteiger partial charge < -0.3 is 19.2 Å². The first-order valence-corrected chi connectivity index (χ1v) is 8.23. The van der Waals surface area contributed by atoms with Crippen molar-refractivity contribution in [3.8, 4) is 5.75 Å². The van der Waals surface area contributed by atoms with E-state index in [0.717, 1.165) is 5.39 Å². The largest absolute Gasteiger partial charge is 0.497 e. The molecule has 0 bridgehead atoms. The number of aryl methyl sites for hydroxylation is 1. The molecule has 6 nitrogen and oxygen atoms in total. The van der Waals surface area contributed by atoms with Gasteiger partial charge in [-0.2, -0.15) is 0 Å². The van der Waals surface area contributed by atoms with Gasteiger partial charge in [-0.1, -0.05) is 6.07 Å². The van der Waals surface area contributed by atoms with Gasteiger partial charge >= 0.3 is 5.97 Å². The molecule has 7 heteroatoms. The molecule has 0 saturated carbocycles. The fraction of sp³-hybridized carbons (Fsp3) is 0.200. The smallest absolute Gasteiger partial charge is 0.375 e. The third kappa shape index (κ3) is 3.92. The molecule has 0 aliphatic heterocycles. The van der Waals surface area contributed by atoms with E-state index in [-0.39, 0.29) is 11.4 Å². The van der Waals surface area contributed by atoms with Crippen LogP contribution in [0.1, 0.15) is 23.0 Å². The summed E-state index contributed by atoms with van der Waals surface area (Å²) in [4.78, 5) is 24.6. The lowest BCUT2D eigenvalue weighted by atomic mass is 10.1. The van der Waals surface area contributed by atoms with Gasteiger partial charge in [0, 0.05) is 16.6 Å². The number of benzene rings is 2. The van der Waals surface area contributed by atoms with E-state index in [1.807, 2.05) is 0 Å². The number of hydrogen-bond acceptors (Lipinski definition) is 5. The van der Waals surface area contributed by atoms with Crippen molar-refractivity contribution in [1.82, 2.24) is 0 Å². The Kier molecular flexibility index (Phi) is 5.12. The highest BCUT2D eigenvalue weighted by Gasteiger charge is 2.24. The van der Waals surface area contributed by atoms with Crippen LogP contribution < -0.4 is 10.1 Å². The van der Waals surface area contributed by atoms with E-state index in [9.17, 15) is 14.0 Å². The molecule has 0 aliphatic rings. The number of rotatable bonds is 5. The van der Waals surface area contributed by atoms with Crippen molar-refractivity contribution < 1.29 is 27.9 Å². The number of amides is 1. The van der Waals surface area contributed by atoms with Gasteiger partial charge in [0.15, 0.2) is 6.10 Å². The lowest BCUT2D eigenvalue weighted by Crippen LogP contribution is -2.30. The summed E-state index contributed by atoms with van der Waals surface area (Å²) in [6.45, 7) is 3.15. The molecule has 27 heavy (non-hydrogen) atoms. The van der Waals surface area contributed by atoms with Crippen LogP contribution in [0.25, 0.3) is 11.0 Å². The van der Waals surface area contributed by atoms with E-state index >= 15 is 0 Å². The number of methoxy groups -OCH3 is 1. The fourth-order valence-corrected chi connectivity index (χ4v) is 2.60. The molecule has 1 amide bonds. The first-order valence-electron chi connectivity index (χ1n) is 8.23. The molecule has 0 aliphatic carbocycles. The zero-order valence-electron chi connectivity index (χ0n) is 15.0. The van der Waals surface area contributed by atoms with Crippen molar-refractivity contribution in [2.45, 2.75) is 20.0 Å². The molecule has 3 rings (SSSR count). The highest BCUT2D eigenvalue weighted by molar-refractivity contribution is 5.99. The minimum absolute atomic E-state index is 0.0173. The first kappa shape index (κ1) is 18.4. The average molecular weight is 371 g/mol. The van der Waals surface area contributed by atoms with Gasteiger partial charge in [-0.05, 0) is 50.2 Å². The standard InChI is InChI=1S/C20H18FNO5/c1-11-16-10-15(25-3)7-8-17(16)27-18(11)20(24)26-12(2)19(23)22-14-6-4-5-13(21)9-14/h4-10,12H,1-3H3,(H,22,23)/t12-/m0/s1.